The molecule has 2 aromatic carbocycles. The first-order valence-corrected chi connectivity index (χ1v) is 10.9. The molecule has 6 nitrogen and oxygen atoms in total. The maximum absolute atomic E-state index is 13.3. The van der Waals surface area contributed by atoms with Crippen LogP contribution < -0.4 is 10.1 Å². The molecule has 0 bridgehead atoms. The zero-order chi connectivity index (χ0) is 21.7. The zero-order valence-corrected chi connectivity index (χ0v) is 18.2. The van der Waals surface area contributed by atoms with Gasteiger partial charge in [0, 0.05) is 32.6 Å². The van der Waals surface area contributed by atoms with E-state index >= 15 is 0 Å². The van der Waals surface area contributed by atoms with Crippen LogP contribution in [0.25, 0.3) is 0 Å². The van der Waals surface area contributed by atoms with Gasteiger partial charge >= 0.3 is 0 Å². The summed E-state index contributed by atoms with van der Waals surface area (Å²) in [6.45, 7) is 3.74. The van der Waals surface area contributed by atoms with E-state index in [0.29, 0.717) is 39.0 Å². The number of amides is 1. The number of carbonyl (C=O) groups excluding carboxylic acids is 1. The Morgan fingerprint density at radius 3 is 2.52 bits per heavy atom. The van der Waals surface area contributed by atoms with Crippen LogP contribution in [0.5, 0.6) is 5.75 Å². The fraction of sp³-hybridized carbons (Fsp3) is 0.440. The van der Waals surface area contributed by atoms with Gasteiger partial charge in [0.2, 0.25) is 5.91 Å². The summed E-state index contributed by atoms with van der Waals surface area (Å²) < 4.78 is 10.8. The van der Waals surface area contributed by atoms with Crippen molar-refractivity contribution in [2.75, 3.05) is 20.3 Å². The van der Waals surface area contributed by atoms with Gasteiger partial charge in [0.1, 0.15) is 11.9 Å². The first kappa shape index (κ1) is 21.4. The highest BCUT2D eigenvalue weighted by atomic mass is 16.6. The number of ether oxygens (including phenoxy) is 2. The summed E-state index contributed by atoms with van der Waals surface area (Å²) >= 11 is 0. The lowest BCUT2D eigenvalue weighted by atomic mass is 9.74. The van der Waals surface area contributed by atoms with Crippen molar-refractivity contribution in [3.05, 3.63) is 65.2 Å². The van der Waals surface area contributed by atoms with Crippen molar-refractivity contribution >= 4 is 11.6 Å². The smallest absolute Gasteiger partial charge is 0.226 e. The van der Waals surface area contributed by atoms with Gasteiger partial charge in [-0.1, -0.05) is 47.1 Å². The minimum absolute atomic E-state index is 0.0685. The van der Waals surface area contributed by atoms with Crippen molar-refractivity contribution < 1.29 is 19.1 Å². The monoisotopic (exact) mass is 422 g/mol. The number of aryl methyl sites for hydroxylation is 1. The van der Waals surface area contributed by atoms with Gasteiger partial charge < -0.3 is 19.6 Å². The maximum Gasteiger partial charge on any atom is 0.226 e. The molecule has 2 heterocycles. The summed E-state index contributed by atoms with van der Waals surface area (Å²) in [5.74, 6) is 0.873. The Kier molecular flexibility index (Phi) is 6.56. The number of oxime groups is 1. The predicted octanol–water partition coefficient (Wildman–Crippen LogP) is 4.00. The Hall–Kier alpha value is -2.86. The van der Waals surface area contributed by atoms with E-state index in [9.17, 15) is 4.79 Å². The minimum Gasteiger partial charge on any atom is -0.497 e. The van der Waals surface area contributed by atoms with Crippen molar-refractivity contribution in [2.45, 2.75) is 45.3 Å². The number of rotatable bonds is 7. The number of hydrogen-bond acceptors (Lipinski definition) is 5. The lowest BCUT2D eigenvalue weighted by Gasteiger charge is -2.37. The summed E-state index contributed by atoms with van der Waals surface area (Å²) in [7, 11) is 1.64. The summed E-state index contributed by atoms with van der Waals surface area (Å²) in [4.78, 5) is 19.1. The maximum atomic E-state index is 13.3. The highest BCUT2D eigenvalue weighted by molar-refractivity contribution is 6.01. The third-order valence-electron chi connectivity index (χ3n) is 6.28. The molecule has 2 aromatic rings. The van der Waals surface area contributed by atoms with Gasteiger partial charge in [-0.25, -0.2) is 0 Å². The molecule has 164 valence electrons. The van der Waals surface area contributed by atoms with E-state index in [1.165, 1.54) is 5.56 Å². The lowest BCUT2D eigenvalue weighted by Crippen LogP contribution is -2.46. The van der Waals surface area contributed by atoms with Crippen LogP contribution in [0, 0.1) is 12.3 Å². The van der Waals surface area contributed by atoms with Crippen LogP contribution in [0.4, 0.5) is 0 Å². The normalized spacial score (nSPS) is 19.9. The number of hydrogen-bond donors (Lipinski definition) is 1. The molecule has 1 amide bonds. The largest absolute Gasteiger partial charge is 0.497 e. The molecule has 0 aliphatic carbocycles. The first-order chi connectivity index (χ1) is 15.1. The van der Waals surface area contributed by atoms with Gasteiger partial charge in [-0.15, -0.1) is 0 Å². The van der Waals surface area contributed by atoms with Crippen LogP contribution in [-0.2, 0) is 20.9 Å². The molecule has 1 saturated heterocycles. The fourth-order valence-electron chi connectivity index (χ4n) is 4.29. The number of carbonyl (C=O) groups is 1. The van der Waals surface area contributed by atoms with E-state index in [1.54, 1.807) is 7.11 Å². The number of nitrogens with one attached hydrogen (secondary N) is 1. The topological polar surface area (TPSA) is 69.2 Å². The average molecular weight is 423 g/mol. The summed E-state index contributed by atoms with van der Waals surface area (Å²) in [6.07, 6.45) is 2.66. The number of benzene rings is 2. The Balaban J connectivity index is 1.39. The van der Waals surface area contributed by atoms with Crippen LogP contribution in [0.1, 0.15) is 42.4 Å². The molecule has 1 N–H and O–H groups in total. The average Bonchev–Trinajstić information content (AvgIpc) is 3.27. The molecule has 1 fully saturated rings. The highest BCUT2D eigenvalue weighted by Crippen LogP contribution is 2.38. The quantitative estimate of drug-likeness (QED) is 0.732. The van der Waals surface area contributed by atoms with E-state index in [4.69, 9.17) is 14.3 Å². The Labute approximate surface area is 183 Å². The van der Waals surface area contributed by atoms with Crippen molar-refractivity contribution in [3.8, 4) is 5.75 Å². The molecule has 1 unspecified atom stereocenters. The molecular weight excluding hydrogens is 392 g/mol. The number of nitrogens with zero attached hydrogens (tertiary/aromatic N) is 1. The Bertz CT molecular complexity index is 916. The van der Waals surface area contributed by atoms with Gasteiger partial charge in [-0.05, 0) is 43.0 Å². The molecule has 2 aliphatic rings. The molecule has 2 aliphatic heterocycles. The molecule has 0 aromatic heterocycles. The van der Waals surface area contributed by atoms with E-state index in [-0.39, 0.29) is 12.0 Å². The second-order valence-electron chi connectivity index (χ2n) is 8.46. The zero-order valence-electron chi connectivity index (χ0n) is 18.2. The van der Waals surface area contributed by atoms with Crippen molar-refractivity contribution in [2.24, 2.45) is 10.6 Å². The van der Waals surface area contributed by atoms with Crippen LogP contribution in [0.3, 0.4) is 0 Å². The standard InChI is InChI=1S/C25H30N2O4/c1-18-3-7-20(8-4-18)23-15-22(31-27-23)16-25(11-13-30-14-12-25)24(28)26-17-19-5-9-21(29-2)10-6-19/h3-10,22H,11-17H2,1-2H3,(H,26,28). The van der Waals surface area contributed by atoms with Gasteiger partial charge in [-0.3, -0.25) is 4.79 Å². The molecule has 0 radical (unpaired) electrons. The van der Waals surface area contributed by atoms with Gasteiger partial charge in [0.15, 0.2) is 0 Å². The fourth-order valence-corrected chi connectivity index (χ4v) is 4.29. The van der Waals surface area contributed by atoms with E-state index in [0.717, 1.165) is 29.0 Å². The van der Waals surface area contributed by atoms with Crippen LogP contribution >= 0.6 is 0 Å². The molecule has 0 saturated carbocycles. The van der Waals surface area contributed by atoms with Crippen molar-refractivity contribution in [3.63, 3.8) is 0 Å². The van der Waals surface area contributed by atoms with E-state index in [2.05, 4.69) is 41.7 Å². The molecule has 6 heteroatoms. The Morgan fingerprint density at radius 1 is 1.13 bits per heavy atom. The summed E-state index contributed by atoms with van der Waals surface area (Å²) in [5, 5.41) is 7.47. The van der Waals surface area contributed by atoms with Gasteiger partial charge in [0.25, 0.3) is 0 Å². The van der Waals surface area contributed by atoms with E-state index in [1.807, 2.05) is 24.3 Å². The molecule has 31 heavy (non-hydrogen) atoms. The Morgan fingerprint density at radius 2 is 1.84 bits per heavy atom. The SMILES string of the molecule is COc1ccc(CNC(=O)C2(CC3CC(c4ccc(C)cc4)=NO3)CCOCC2)cc1. The highest BCUT2D eigenvalue weighted by Gasteiger charge is 2.43. The summed E-state index contributed by atoms with van der Waals surface area (Å²) in [6, 6.07) is 16.1. The van der Waals surface area contributed by atoms with Gasteiger partial charge in [0.05, 0.1) is 18.2 Å². The first-order valence-electron chi connectivity index (χ1n) is 10.9. The van der Waals surface area contributed by atoms with Gasteiger partial charge in [-0.2, -0.15) is 0 Å². The van der Waals surface area contributed by atoms with Crippen LogP contribution in [-0.4, -0.2) is 38.0 Å². The molecular formula is C25H30N2O4. The second kappa shape index (κ2) is 9.52. The third-order valence-corrected chi connectivity index (χ3v) is 6.28. The lowest BCUT2D eigenvalue weighted by molar-refractivity contribution is -0.140. The van der Waals surface area contributed by atoms with Crippen LogP contribution in [0.2, 0.25) is 0 Å². The second-order valence-corrected chi connectivity index (χ2v) is 8.46. The third kappa shape index (κ3) is 5.07. The predicted molar refractivity (Wildman–Crippen MR) is 119 cm³/mol. The van der Waals surface area contributed by atoms with Crippen molar-refractivity contribution in [1.29, 1.82) is 0 Å². The molecule has 4 rings (SSSR count). The summed E-state index contributed by atoms with van der Waals surface area (Å²) in [5.41, 5.74) is 3.80. The molecule has 0 spiro atoms. The van der Waals surface area contributed by atoms with Crippen LogP contribution in [0.15, 0.2) is 53.7 Å². The molecule has 1 atom stereocenters. The minimum atomic E-state index is -0.492. The van der Waals surface area contributed by atoms with E-state index < -0.39 is 5.41 Å². The van der Waals surface area contributed by atoms with Crippen molar-refractivity contribution in [1.82, 2.24) is 5.32 Å². The number of methoxy groups -OCH3 is 1.